The summed E-state index contributed by atoms with van der Waals surface area (Å²) in [7, 11) is 0. The second-order valence-corrected chi connectivity index (χ2v) is 5.27. The standard InChI is InChI=1S/C17H26N4O.HI/c18-17(19-9-4-8-16-6-2-1-3-7-16)20-10-5-11-21-12-14-22-15-13-21;/h1-4,6-8H,5,9-15H2,(H3,18,19,20);1H. The molecule has 0 amide bonds. The van der Waals surface area contributed by atoms with Crippen LogP contribution >= 0.6 is 24.0 Å². The zero-order valence-electron chi connectivity index (χ0n) is 13.5. The number of nitrogens with two attached hydrogens (primary N) is 1. The van der Waals surface area contributed by atoms with Crippen LogP contribution in [-0.2, 0) is 4.74 Å². The minimum Gasteiger partial charge on any atom is -0.379 e. The van der Waals surface area contributed by atoms with Crippen molar-refractivity contribution in [2.45, 2.75) is 6.42 Å². The second kappa shape index (κ2) is 12.3. The number of nitrogens with one attached hydrogen (secondary N) is 1. The van der Waals surface area contributed by atoms with Gasteiger partial charge in [-0.3, -0.25) is 4.90 Å². The van der Waals surface area contributed by atoms with Crippen LogP contribution in [0.1, 0.15) is 12.0 Å². The zero-order chi connectivity index (χ0) is 15.5. The van der Waals surface area contributed by atoms with E-state index in [1.54, 1.807) is 0 Å². The molecule has 1 aromatic carbocycles. The molecule has 0 bridgehead atoms. The summed E-state index contributed by atoms with van der Waals surface area (Å²) in [4.78, 5) is 6.70. The van der Waals surface area contributed by atoms with Gasteiger partial charge in [-0.2, -0.15) is 0 Å². The van der Waals surface area contributed by atoms with Crippen LogP contribution in [0.5, 0.6) is 0 Å². The Bertz CT molecular complexity index is 473. The molecule has 1 heterocycles. The predicted octanol–water partition coefficient (Wildman–Crippen LogP) is 1.94. The third-order valence-electron chi connectivity index (χ3n) is 3.54. The van der Waals surface area contributed by atoms with Gasteiger partial charge in [-0.15, -0.1) is 24.0 Å². The number of nitrogens with zero attached hydrogens (tertiary/aromatic N) is 2. The summed E-state index contributed by atoms with van der Waals surface area (Å²) < 4.78 is 5.33. The fourth-order valence-corrected chi connectivity index (χ4v) is 2.30. The van der Waals surface area contributed by atoms with Crippen molar-refractivity contribution < 1.29 is 4.74 Å². The maximum Gasteiger partial charge on any atom is 0.188 e. The molecule has 128 valence electrons. The quantitative estimate of drug-likeness (QED) is 0.301. The summed E-state index contributed by atoms with van der Waals surface area (Å²) in [5, 5.41) is 3.16. The van der Waals surface area contributed by atoms with Gasteiger partial charge in [0.25, 0.3) is 0 Å². The van der Waals surface area contributed by atoms with E-state index in [9.17, 15) is 0 Å². The van der Waals surface area contributed by atoms with E-state index in [2.05, 4.69) is 33.4 Å². The van der Waals surface area contributed by atoms with Gasteiger partial charge in [0.2, 0.25) is 0 Å². The molecule has 23 heavy (non-hydrogen) atoms. The van der Waals surface area contributed by atoms with E-state index in [-0.39, 0.29) is 24.0 Å². The van der Waals surface area contributed by atoms with Crippen LogP contribution in [0.25, 0.3) is 6.08 Å². The summed E-state index contributed by atoms with van der Waals surface area (Å²) >= 11 is 0. The topological polar surface area (TPSA) is 62.9 Å². The Balaban J connectivity index is 0.00000264. The lowest BCUT2D eigenvalue weighted by atomic mass is 10.2. The van der Waals surface area contributed by atoms with Gasteiger partial charge in [-0.05, 0) is 18.5 Å². The highest BCUT2D eigenvalue weighted by molar-refractivity contribution is 14.0. The number of ether oxygens (including phenoxy) is 1. The van der Waals surface area contributed by atoms with Crippen molar-refractivity contribution in [3.63, 3.8) is 0 Å². The van der Waals surface area contributed by atoms with Gasteiger partial charge in [0.05, 0.1) is 19.8 Å². The molecule has 0 spiro atoms. The lowest BCUT2D eigenvalue weighted by molar-refractivity contribution is 0.0376. The van der Waals surface area contributed by atoms with Gasteiger partial charge in [0.15, 0.2) is 5.96 Å². The molecule has 0 unspecified atom stereocenters. The Labute approximate surface area is 156 Å². The molecule has 1 fully saturated rings. The molecule has 1 aliphatic rings. The summed E-state index contributed by atoms with van der Waals surface area (Å²) in [5.74, 6) is 0.514. The first-order valence-corrected chi connectivity index (χ1v) is 7.90. The van der Waals surface area contributed by atoms with E-state index < -0.39 is 0 Å². The van der Waals surface area contributed by atoms with Gasteiger partial charge in [0, 0.05) is 19.6 Å². The Morgan fingerprint density at radius 2 is 2.00 bits per heavy atom. The fourth-order valence-electron chi connectivity index (χ4n) is 2.30. The Hall–Kier alpha value is -1.12. The third kappa shape index (κ3) is 8.92. The minimum atomic E-state index is 0. The number of aliphatic imine (C=N–C) groups is 1. The van der Waals surface area contributed by atoms with Crippen LogP contribution < -0.4 is 11.1 Å². The van der Waals surface area contributed by atoms with Crippen LogP contribution in [0.4, 0.5) is 0 Å². The molecule has 2 rings (SSSR count). The molecule has 0 atom stereocenters. The maximum atomic E-state index is 5.84. The van der Waals surface area contributed by atoms with Crippen molar-refractivity contribution >= 4 is 36.0 Å². The second-order valence-electron chi connectivity index (χ2n) is 5.27. The fraction of sp³-hybridized carbons (Fsp3) is 0.471. The molecule has 1 aromatic rings. The highest BCUT2D eigenvalue weighted by atomic mass is 127. The largest absolute Gasteiger partial charge is 0.379 e. The third-order valence-corrected chi connectivity index (χ3v) is 3.54. The SMILES string of the molecule is I.NC(=NCC=Cc1ccccc1)NCCCN1CCOCC1. The van der Waals surface area contributed by atoms with Crippen LogP contribution in [0.2, 0.25) is 0 Å². The molecule has 3 N–H and O–H groups in total. The molecular weight excluding hydrogens is 403 g/mol. The van der Waals surface area contributed by atoms with Crippen LogP contribution in [0, 0.1) is 0 Å². The first kappa shape index (κ1) is 19.9. The van der Waals surface area contributed by atoms with E-state index in [0.29, 0.717) is 12.5 Å². The van der Waals surface area contributed by atoms with Crippen molar-refractivity contribution in [1.29, 1.82) is 0 Å². The zero-order valence-corrected chi connectivity index (χ0v) is 15.8. The summed E-state index contributed by atoms with van der Waals surface area (Å²) in [6.45, 7) is 6.31. The first-order chi connectivity index (χ1) is 10.8. The van der Waals surface area contributed by atoms with Crippen LogP contribution in [0.3, 0.4) is 0 Å². The van der Waals surface area contributed by atoms with Crippen LogP contribution in [0.15, 0.2) is 41.4 Å². The van der Waals surface area contributed by atoms with Gasteiger partial charge < -0.3 is 15.8 Å². The Kier molecular flexibility index (Phi) is 10.7. The molecular formula is C17H27IN4O. The average molecular weight is 430 g/mol. The Morgan fingerprint density at radius 1 is 1.26 bits per heavy atom. The van der Waals surface area contributed by atoms with E-state index in [1.807, 2.05) is 24.3 Å². The van der Waals surface area contributed by atoms with E-state index in [4.69, 9.17) is 10.5 Å². The van der Waals surface area contributed by atoms with Crippen molar-refractivity contribution in [3.8, 4) is 0 Å². The number of benzene rings is 1. The molecule has 1 aliphatic heterocycles. The molecule has 6 heteroatoms. The Morgan fingerprint density at radius 3 is 2.74 bits per heavy atom. The number of rotatable bonds is 7. The highest BCUT2D eigenvalue weighted by Gasteiger charge is 2.08. The average Bonchev–Trinajstić information content (AvgIpc) is 2.57. The maximum absolute atomic E-state index is 5.84. The van der Waals surface area contributed by atoms with Crippen molar-refractivity contribution in [2.24, 2.45) is 10.7 Å². The van der Waals surface area contributed by atoms with Crippen molar-refractivity contribution in [3.05, 3.63) is 42.0 Å². The molecule has 1 saturated heterocycles. The lowest BCUT2D eigenvalue weighted by Gasteiger charge is -2.26. The van der Waals surface area contributed by atoms with Crippen molar-refractivity contribution in [1.82, 2.24) is 10.2 Å². The molecule has 0 aromatic heterocycles. The molecule has 5 nitrogen and oxygen atoms in total. The van der Waals surface area contributed by atoms with E-state index >= 15 is 0 Å². The smallest absolute Gasteiger partial charge is 0.188 e. The van der Waals surface area contributed by atoms with E-state index in [1.165, 1.54) is 5.56 Å². The number of hydrogen-bond donors (Lipinski definition) is 2. The van der Waals surface area contributed by atoms with Gasteiger partial charge in [-0.25, -0.2) is 4.99 Å². The van der Waals surface area contributed by atoms with Gasteiger partial charge in [-0.1, -0.05) is 42.5 Å². The van der Waals surface area contributed by atoms with Crippen molar-refractivity contribution in [2.75, 3.05) is 45.9 Å². The van der Waals surface area contributed by atoms with E-state index in [0.717, 1.165) is 45.8 Å². The van der Waals surface area contributed by atoms with Gasteiger partial charge >= 0.3 is 0 Å². The molecule has 0 radical (unpaired) electrons. The minimum absolute atomic E-state index is 0. The lowest BCUT2D eigenvalue weighted by Crippen LogP contribution is -2.39. The van der Waals surface area contributed by atoms with Gasteiger partial charge in [0.1, 0.15) is 0 Å². The number of guanidine groups is 1. The molecule has 0 aliphatic carbocycles. The highest BCUT2D eigenvalue weighted by Crippen LogP contribution is 2.00. The summed E-state index contributed by atoms with van der Waals surface area (Å²) in [5.41, 5.74) is 7.02. The number of morpholine rings is 1. The monoisotopic (exact) mass is 430 g/mol. The normalized spacial score (nSPS) is 16.3. The van der Waals surface area contributed by atoms with Crippen LogP contribution in [-0.4, -0.2) is 56.8 Å². The first-order valence-electron chi connectivity index (χ1n) is 7.90. The number of halogens is 1. The number of hydrogen-bond acceptors (Lipinski definition) is 3. The predicted molar refractivity (Wildman–Crippen MR) is 107 cm³/mol. The summed E-state index contributed by atoms with van der Waals surface area (Å²) in [6.07, 6.45) is 5.13. The summed E-state index contributed by atoms with van der Waals surface area (Å²) in [6, 6.07) is 10.2. The molecule has 0 saturated carbocycles.